The third-order valence-electron chi connectivity index (χ3n) is 2.91. The Bertz CT molecular complexity index is 786. The average Bonchev–Trinajstić information content (AvgIpc) is 2.54. The van der Waals surface area contributed by atoms with Gasteiger partial charge < -0.3 is 15.2 Å². The minimum Gasteiger partial charge on any atom is -0.545 e. The number of amides is 1. The number of hydrogen-bond donors (Lipinski definition) is 2. The largest absolute Gasteiger partial charge is 0.545 e. The van der Waals surface area contributed by atoms with Gasteiger partial charge in [0.15, 0.2) is 5.11 Å². The molecule has 7 heteroatoms. The Morgan fingerprint density at radius 3 is 2.25 bits per heavy atom. The van der Waals surface area contributed by atoms with Crippen molar-refractivity contribution in [2.24, 2.45) is 0 Å². The van der Waals surface area contributed by atoms with Gasteiger partial charge in [-0.2, -0.15) is 0 Å². The van der Waals surface area contributed by atoms with Crippen molar-refractivity contribution in [3.63, 3.8) is 0 Å². The zero-order valence-corrected chi connectivity index (χ0v) is 13.9. The van der Waals surface area contributed by atoms with Crippen molar-refractivity contribution < 1.29 is 14.7 Å². The highest BCUT2D eigenvalue weighted by Gasteiger charge is 2.02. The number of halogens is 1. The van der Waals surface area contributed by atoms with Crippen LogP contribution in [0.15, 0.2) is 54.6 Å². The van der Waals surface area contributed by atoms with Crippen molar-refractivity contribution in [3.05, 3.63) is 70.8 Å². The molecule has 1 amide bonds. The summed E-state index contributed by atoms with van der Waals surface area (Å²) in [5.41, 5.74) is 1.43. The molecule has 0 saturated heterocycles. The van der Waals surface area contributed by atoms with Gasteiger partial charge in [0.2, 0.25) is 5.91 Å². The van der Waals surface area contributed by atoms with Crippen LogP contribution < -0.4 is 15.7 Å². The van der Waals surface area contributed by atoms with Crippen molar-refractivity contribution in [2.75, 3.05) is 5.32 Å². The van der Waals surface area contributed by atoms with Crippen molar-refractivity contribution in [1.29, 1.82) is 0 Å². The third-order valence-corrected chi connectivity index (χ3v) is 3.37. The van der Waals surface area contributed by atoms with Gasteiger partial charge in [0.05, 0.1) is 5.97 Å². The highest BCUT2D eigenvalue weighted by atomic mass is 35.5. The number of hydrogen-bond acceptors (Lipinski definition) is 4. The molecule has 2 rings (SSSR count). The lowest BCUT2D eigenvalue weighted by atomic mass is 10.2. The van der Waals surface area contributed by atoms with E-state index >= 15 is 0 Å². The molecule has 0 aliphatic rings. The van der Waals surface area contributed by atoms with Gasteiger partial charge in [0.1, 0.15) is 0 Å². The van der Waals surface area contributed by atoms with Crippen LogP contribution in [-0.2, 0) is 4.79 Å². The maximum absolute atomic E-state index is 11.8. The number of thiocarbonyl (C=S) groups is 1. The Morgan fingerprint density at radius 2 is 1.67 bits per heavy atom. The van der Waals surface area contributed by atoms with E-state index < -0.39 is 11.9 Å². The van der Waals surface area contributed by atoms with E-state index in [0.29, 0.717) is 10.7 Å². The van der Waals surface area contributed by atoms with Gasteiger partial charge >= 0.3 is 0 Å². The lowest BCUT2D eigenvalue weighted by molar-refractivity contribution is -0.255. The Balaban J connectivity index is 1.88. The van der Waals surface area contributed by atoms with Gasteiger partial charge in [-0.3, -0.25) is 10.1 Å². The van der Waals surface area contributed by atoms with Gasteiger partial charge in [-0.05, 0) is 53.7 Å². The summed E-state index contributed by atoms with van der Waals surface area (Å²) >= 11 is 10.8. The second-order valence-corrected chi connectivity index (χ2v) is 5.54. The molecule has 0 fully saturated rings. The summed E-state index contributed by atoms with van der Waals surface area (Å²) in [5.74, 6) is -1.65. The molecule has 0 unspecified atom stereocenters. The van der Waals surface area contributed by atoms with Crippen molar-refractivity contribution in [3.8, 4) is 0 Å². The van der Waals surface area contributed by atoms with E-state index in [1.807, 2.05) is 0 Å². The highest BCUT2D eigenvalue weighted by molar-refractivity contribution is 7.80. The van der Waals surface area contributed by atoms with Gasteiger partial charge in [0, 0.05) is 16.8 Å². The number of benzene rings is 2. The SMILES string of the molecule is O=C(/C=C/c1ccc(Cl)cc1)NC(=S)Nc1ccc(C(=O)[O-])cc1. The van der Waals surface area contributed by atoms with Crippen LogP contribution in [0, 0.1) is 0 Å². The first-order valence-corrected chi connectivity index (χ1v) is 7.60. The Hall–Kier alpha value is -2.70. The van der Waals surface area contributed by atoms with E-state index in [4.69, 9.17) is 23.8 Å². The van der Waals surface area contributed by atoms with Gasteiger partial charge in [-0.25, -0.2) is 0 Å². The molecule has 0 aliphatic carbocycles. The van der Waals surface area contributed by atoms with Gasteiger partial charge in [0.25, 0.3) is 0 Å². The zero-order valence-electron chi connectivity index (χ0n) is 12.3. The van der Waals surface area contributed by atoms with Crippen molar-refractivity contribution >= 4 is 52.6 Å². The summed E-state index contributed by atoms with van der Waals surface area (Å²) in [6.07, 6.45) is 2.97. The summed E-state index contributed by atoms with van der Waals surface area (Å²) in [4.78, 5) is 22.4. The van der Waals surface area contributed by atoms with E-state index in [0.717, 1.165) is 5.56 Å². The summed E-state index contributed by atoms with van der Waals surface area (Å²) in [7, 11) is 0. The molecule has 122 valence electrons. The maximum Gasteiger partial charge on any atom is 0.250 e. The van der Waals surface area contributed by atoms with Crippen LogP contribution in [0.25, 0.3) is 6.08 Å². The first kappa shape index (κ1) is 17.7. The first-order valence-electron chi connectivity index (χ1n) is 6.81. The molecule has 0 aromatic heterocycles. The second kappa shape index (κ2) is 8.24. The molecule has 0 heterocycles. The van der Waals surface area contributed by atoms with E-state index in [-0.39, 0.29) is 10.7 Å². The molecule has 0 spiro atoms. The number of carboxylic acid groups (broad SMARTS) is 1. The molecule has 0 bridgehead atoms. The molecular weight excluding hydrogens is 348 g/mol. The molecule has 5 nitrogen and oxygen atoms in total. The number of aromatic carboxylic acids is 1. The Labute approximate surface area is 149 Å². The fraction of sp³-hybridized carbons (Fsp3) is 0. The minimum absolute atomic E-state index is 0.0569. The molecule has 0 saturated carbocycles. The van der Waals surface area contributed by atoms with Crippen LogP contribution in [0.3, 0.4) is 0 Å². The smallest absolute Gasteiger partial charge is 0.250 e. The fourth-order valence-electron chi connectivity index (χ4n) is 1.75. The van der Waals surface area contributed by atoms with E-state index in [9.17, 15) is 14.7 Å². The van der Waals surface area contributed by atoms with Crippen LogP contribution in [0.4, 0.5) is 5.69 Å². The number of carbonyl (C=O) groups excluding carboxylic acids is 2. The van der Waals surface area contributed by atoms with E-state index in [1.165, 1.54) is 30.3 Å². The molecular formula is C17H12ClN2O3S-. The highest BCUT2D eigenvalue weighted by Crippen LogP contribution is 2.11. The monoisotopic (exact) mass is 359 g/mol. The van der Waals surface area contributed by atoms with Gasteiger partial charge in [-0.15, -0.1) is 0 Å². The molecule has 2 aromatic carbocycles. The topological polar surface area (TPSA) is 81.3 Å². The first-order chi connectivity index (χ1) is 11.4. The Kier molecular flexibility index (Phi) is 6.06. The maximum atomic E-state index is 11.8. The predicted molar refractivity (Wildman–Crippen MR) is 95.6 cm³/mol. The van der Waals surface area contributed by atoms with Crippen LogP contribution in [-0.4, -0.2) is 17.0 Å². The average molecular weight is 360 g/mol. The van der Waals surface area contributed by atoms with Crippen molar-refractivity contribution in [1.82, 2.24) is 5.32 Å². The lowest BCUT2D eigenvalue weighted by Crippen LogP contribution is -2.32. The predicted octanol–water partition coefficient (Wildman–Crippen LogP) is 2.23. The minimum atomic E-state index is -1.26. The molecule has 2 aromatic rings. The lowest BCUT2D eigenvalue weighted by Gasteiger charge is -2.09. The molecule has 24 heavy (non-hydrogen) atoms. The molecule has 0 radical (unpaired) electrons. The standard InChI is InChI=1S/C17H13ClN2O3S/c18-13-6-1-11(2-7-13)3-10-15(21)20-17(24)19-14-8-4-12(5-9-14)16(22)23/h1-10H,(H,22,23)(H2,19,20,21,24)/p-1/b10-3+. The fourth-order valence-corrected chi connectivity index (χ4v) is 2.10. The summed E-state index contributed by atoms with van der Waals surface area (Å²) < 4.78 is 0. The van der Waals surface area contributed by atoms with Gasteiger partial charge in [-0.1, -0.05) is 35.9 Å². The van der Waals surface area contributed by atoms with Crippen LogP contribution in [0.2, 0.25) is 5.02 Å². The molecule has 0 aliphatic heterocycles. The molecule has 2 N–H and O–H groups in total. The number of carboxylic acids is 1. The van der Waals surface area contributed by atoms with Crippen molar-refractivity contribution in [2.45, 2.75) is 0 Å². The summed E-state index contributed by atoms with van der Waals surface area (Å²) in [5, 5.41) is 16.6. The second-order valence-electron chi connectivity index (χ2n) is 4.69. The number of rotatable bonds is 4. The van der Waals surface area contributed by atoms with E-state index in [2.05, 4.69) is 10.6 Å². The molecule has 0 atom stereocenters. The summed E-state index contributed by atoms with van der Waals surface area (Å²) in [6, 6.07) is 12.8. The zero-order chi connectivity index (χ0) is 17.5. The number of nitrogens with one attached hydrogen (secondary N) is 2. The third kappa shape index (κ3) is 5.49. The van der Waals surface area contributed by atoms with Crippen LogP contribution in [0.1, 0.15) is 15.9 Å². The summed E-state index contributed by atoms with van der Waals surface area (Å²) in [6.45, 7) is 0. The van der Waals surface area contributed by atoms with E-state index in [1.54, 1.807) is 30.3 Å². The number of carbonyl (C=O) groups is 2. The Morgan fingerprint density at radius 1 is 1.04 bits per heavy atom. The van der Waals surface area contributed by atoms with Crippen LogP contribution >= 0.6 is 23.8 Å². The number of anilines is 1. The van der Waals surface area contributed by atoms with Crippen LogP contribution in [0.5, 0.6) is 0 Å². The normalized spacial score (nSPS) is 10.4. The quantitative estimate of drug-likeness (QED) is 0.646.